The largest absolute Gasteiger partial charge is 0.506 e. The Hall–Kier alpha value is -3.38. The third-order valence-electron chi connectivity index (χ3n) is 5.08. The number of nitrogens with two attached hydrogens (primary N) is 1. The van der Waals surface area contributed by atoms with Crippen molar-refractivity contribution in [1.29, 1.82) is 0 Å². The number of carbonyl (C=O) groups is 1. The second-order valence-electron chi connectivity index (χ2n) is 7.96. The van der Waals surface area contributed by atoms with Gasteiger partial charge in [-0.05, 0) is 35.9 Å². The molecule has 0 spiro atoms. The van der Waals surface area contributed by atoms with Gasteiger partial charge in [-0.2, -0.15) is 8.42 Å². The quantitative estimate of drug-likeness (QED) is 0.459. The molecule has 0 radical (unpaired) electrons. The van der Waals surface area contributed by atoms with Crippen LogP contribution in [0.2, 0.25) is 0 Å². The predicted molar refractivity (Wildman–Crippen MR) is 126 cm³/mol. The fourth-order valence-electron chi connectivity index (χ4n) is 3.45. The summed E-state index contributed by atoms with van der Waals surface area (Å²) in [6, 6.07) is 5.77. The van der Waals surface area contributed by atoms with Gasteiger partial charge in [-0.25, -0.2) is 0 Å². The highest BCUT2D eigenvalue weighted by atomic mass is 32.2. The molecule has 0 atom stereocenters. The van der Waals surface area contributed by atoms with Crippen molar-refractivity contribution in [3.8, 4) is 11.5 Å². The predicted octanol–water partition coefficient (Wildman–Crippen LogP) is 2.24. The number of rotatable bonds is 7. The molecular weight excluding hydrogens is 468 g/mol. The van der Waals surface area contributed by atoms with Crippen LogP contribution in [0, 0.1) is 5.92 Å². The maximum absolute atomic E-state index is 13.4. The third-order valence-corrected chi connectivity index (χ3v) is 7.34. The van der Waals surface area contributed by atoms with Gasteiger partial charge >= 0.3 is 0 Å². The van der Waals surface area contributed by atoms with E-state index in [4.69, 9.17) is 10.5 Å². The molecule has 0 saturated carbocycles. The van der Waals surface area contributed by atoms with E-state index in [2.05, 4.69) is 9.71 Å². The van der Waals surface area contributed by atoms with E-state index in [1.54, 1.807) is 16.0 Å². The van der Waals surface area contributed by atoms with Crippen LogP contribution in [-0.2, 0) is 21.4 Å². The van der Waals surface area contributed by atoms with Crippen LogP contribution >= 0.6 is 11.3 Å². The van der Waals surface area contributed by atoms with E-state index < -0.39 is 28.1 Å². The lowest BCUT2D eigenvalue weighted by Gasteiger charge is -2.20. The molecule has 0 aliphatic carbocycles. The minimum Gasteiger partial charge on any atom is -0.506 e. The van der Waals surface area contributed by atoms with Gasteiger partial charge in [-0.1, -0.05) is 13.8 Å². The summed E-state index contributed by atoms with van der Waals surface area (Å²) in [5, 5.41) is 15.9. The van der Waals surface area contributed by atoms with E-state index in [1.807, 2.05) is 13.8 Å². The zero-order chi connectivity index (χ0) is 23.9. The van der Waals surface area contributed by atoms with E-state index >= 15 is 0 Å². The number of hydrogen-bond acceptors (Lipinski definition) is 8. The summed E-state index contributed by atoms with van der Waals surface area (Å²) in [4.78, 5) is 24.7. The molecule has 3 aromatic rings. The highest BCUT2D eigenvalue weighted by Gasteiger charge is 2.30. The van der Waals surface area contributed by atoms with Crippen LogP contribution in [0.5, 0.6) is 11.5 Å². The standard InChI is InChI=1S/C21H22N4O6S2/c1-11(2)5-7-25-20(28)17(18(27)13-6-8-32-21(13)25)19-23-14-4-3-12(31-10-16(22)26)9-15(14)33(29,30)24-19/h3-4,6,8-9,11,27H,5,7,10H2,1-2H3,(H2,22,26)(H,23,24). The van der Waals surface area contributed by atoms with E-state index in [1.165, 1.54) is 29.5 Å². The second kappa shape index (κ2) is 8.52. The number of amides is 1. The summed E-state index contributed by atoms with van der Waals surface area (Å²) < 4.78 is 36.3. The molecule has 4 rings (SSSR count). The van der Waals surface area contributed by atoms with Crippen molar-refractivity contribution in [3.05, 3.63) is 45.6 Å². The average molecular weight is 491 g/mol. The van der Waals surface area contributed by atoms with Crippen molar-refractivity contribution in [3.63, 3.8) is 0 Å². The molecule has 1 aliphatic rings. The summed E-state index contributed by atoms with van der Waals surface area (Å²) in [7, 11) is -4.24. The molecule has 1 aliphatic heterocycles. The fraction of sp³-hybridized carbons (Fsp3) is 0.286. The van der Waals surface area contributed by atoms with Gasteiger partial charge in [0.25, 0.3) is 21.5 Å². The van der Waals surface area contributed by atoms with Gasteiger partial charge in [-0.15, -0.1) is 15.7 Å². The zero-order valence-electron chi connectivity index (χ0n) is 17.9. The van der Waals surface area contributed by atoms with Gasteiger partial charge in [0.2, 0.25) is 0 Å². The Kier molecular flexibility index (Phi) is 5.89. The molecule has 3 heterocycles. The van der Waals surface area contributed by atoms with Gasteiger partial charge in [0.1, 0.15) is 26.8 Å². The van der Waals surface area contributed by atoms with Crippen LogP contribution in [0.1, 0.15) is 25.8 Å². The van der Waals surface area contributed by atoms with Crippen molar-refractivity contribution in [1.82, 2.24) is 4.57 Å². The van der Waals surface area contributed by atoms with E-state index in [9.17, 15) is 23.1 Å². The third kappa shape index (κ3) is 4.31. The Morgan fingerprint density at radius 3 is 2.79 bits per heavy atom. The number of hydrogen-bond donors (Lipinski definition) is 3. The molecule has 1 amide bonds. The SMILES string of the molecule is CC(C)CCn1c(=O)c(C2=NS(=O)(=O)c3cc(OCC(N)=O)ccc3N2)c(O)c2ccsc21. The number of aryl methyl sites for hydroxylation is 1. The van der Waals surface area contributed by atoms with Crippen LogP contribution in [0.3, 0.4) is 0 Å². The first-order valence-corrected chi connectivity index (χ1v) is 12.4. The van der Waals surface area contributed by atoms with Crippen molar-refractivity contribution in [2.45, 2.75) is 31.7 Å². The first-order valence-electron chi connectivity index (χ1n) is 10.1. The Bertz CT molecular complexity index is 1450. The molecule has 174 valence electrons. The fourth-order valence-corrected chi connectivity index (χ4v) is 5.51. The molecule has 4 N–H and O–H groups in total. The number of thiophene rings is 1. The number of pyridine rings is 1. The van der Waals surface area contributed by atoms with Crippen LogP contribution < -0.4 is 21.3 Å². The Morgan fingerprint density at radius 2 is 2.09 bits per heavy atom. The number of sulfonamides is 1. The number of nitrogens with one attached hydrogen (secondary N) is 1. The van der Waals surface area contributed by atoms with Crippen LogP contribution in [0.4, 0.5) is 5.69 Å². The molecule has 0 unspecified atom stereocenters. The Labute approximate surface area is 193 Å². The molecule has 1 aromatic carbocycles. The average Bonchev–Trinajstić information content (AvgIpc) is 3.22. The minimum absolute atomic E-state index is 0.121. The molecule has 12 heteroatoms. The van der Waals surface area contributed by atoms with E-state index in [-0.39, 0.29) is 33.5 Å². The summed E-state index contributed by atoms with van der Waals surface area (Å²) in [6.07, 6.45) is 0.728. The zero-order valence-corrected chi connectivity index (χ0v) is 19.5. The summed E-state index contributed by atoms with van der Waals surface area (Å²) in [5.41, 5.74) is 4.46. The smallest absolute Gasteiger partial charge is 0.286 e. The molecule has 2 aromatic heterocycles. The highest BCUT2D eigenvalue weighted by molar-refractivity contribution is 7.90. The maximum Gasteiger partial charge on any atom is 0.286 e. The normalized spacial score (nSPS) is 14.6. The number of primary amides is 1. The maximum atomic E-state index is 13.4. The highest BCUT2D eigenvalue weighted by Crippen LogP contribution is 2.35. The lowest BCUT2D eigenvalue weighted by Crippen LogP contribution is -2.32. The number of aromatic hydroxyl groups is 1. The van der Waals surface area contributed by atoms with Crippen LogP contribution in [0.25, 0.3) is 10.2 Å². The number of fused-ring (bicyclic) bond motifs is 2. The molecule has 33 heavy (non-hydrogen) atoms. The first-order chi connectivity index (χ1) is 15.6. The van der Waals surface area contributed by atoms with Gasteiger partial charge < -0.3 is 20.9 Å². The van der Waals surface area contributed by atoms with Crippen molar-refractivity contribution < 1.29 is 23.1 Å². The van der Waals surface area contributed by atoms with E-state index in [0.29, 0.717) is 22.7 Å². The molecule has 10 nitrogen and oxygen atoms in total. The number of benzene rings is 1. The van der Waals surface area contributed by atoms with Crippen molar-refractivity contribution in [2.24, 2.45) is 16.0 Å². The molecule has 0 fully saturated rings. The lowest BCUT2D eigenvalue weighted by molar-refractivity contribution is -0.119. The van der Waals surface area contributed by atoms with Gasteiger partial charge in [-0.3, -0.25) is 14.2 Å². The van der Waals surface area contributed by atoms with Crippen molar-refractivity contribution in [2.75, 3.05) is 11.9 Å². The monoisotopic (exact) mass is 490 g/mol. The number of anilines is 1. The van der Waals surface area contributed by atoms with Gasteiger partial charge in [0.15, 0.2) is 12.4 Å². The second-order valence-corrected chi connectivity index (χ2v) is 10.4. The van der Waals surface area contributed by atoms with Crippen molar-refractivity contribution >= 4 is 49.0 Å². The molecule has 0 saturated heterocycles. The number of amidine groups is 1. The van der Waals surface area contributed by atoms with E-state index in [0.717, 1.165) is 6.42 Å². The summed E-state index contributed by atoms with van der Waals surface area (Å²) in [6.45, 7) is 4.08. The Balaban J connectivity index is 1.82. The molecular formula is C21H22N4O6S2. The number of ether oxygens (including phenoxy) is 1. The van der Waals surface area contributed by atoms with Crippen LogP contribution in [0.15, 0.2) is 43.7 Å². The Morgan fingerprint density at radius 1 is 1.33 bits per heavy atom. The lowest BCUT2D eigenvalue weighted by atomic mass is 10.1. The topological polar surface area (TPSA) is 153 Å². The molecule has 0 bridgehead atoms. The number of aromatic nitrogens is 1. The number of carbonyl (C=O) groups excluding carboxylic acids is 1. The first kappa shape index (κ1) is 22.8. The van der Waals surface area contributed by atoms with Gasteiger partial charge in [0, 0.05) is 12.6 Å². The summed E-state index contributed by atoms with van der Waals surface area (Å²) >= 11 is 1.32. The summed E-state index contributed by atoms with van der Waals surface area (Å²) in [5.74, 6) is -0.838. The number of nitrogens with zero attached hydrogens (tertiary/aromatic N) is 2. The minimum atomic E-state index is -4.24. The van der Waals surface area contributed by atoms with Crippen LogP contribution in [-0.4, -0.2) is 36.4 Å². The van der Waals surface area contributed by atoms with Gasteiger partial charge in [0.05, 0.1) is 11.1 Å².